The number of benzene rings is 1. The van der Waals surface area contributed by atoms with Crippen molar-refractivity contribution in [2.24, 2.45) is 5.73 Å². The Kier molecular flexibility index (Phi) is 1.71. The molecule has 78 valence electrons. The highest BCUT2D eigenvalue weighted by atomic mass is 16.1. The van der Waals surface area contributed by atoms with Crippen LogP contribution in [0.15, 0.2) is 36.7 Å². The molecule has 3 N–H and O–H groups in total. The standard InChI is InChI=1S/C12H9N3O/c13-12(16)8-5-14-6-10-11(8)7-3-1-2-4-9(7)15-10/h1-6,15H,(H2,13,16). The van der Waals surface area contributed by atoms with E-state index in [1.54, 1.807) is 6.20 Å². The Balaban J connectivity index is 2.57. The topological polar surface area (TPSA) is 71.8 Å². The summed E-state index contributed by atoms with van der Waals surface area (Å²) >= 11 is 0. The first kappa shape index (κ1) is 8.91. The Hall–Kier alpha value is -2.36. The van der Waals surface area contributed by atoms with E-state index in [1.807, 2.05) is 24.3 Å². The van der Waals surface area contributed by atoms with E-state index in [0.29, 0.717) is 5.56 Å². The monoisotopic (exact) mass is 211 g/mol. The highest BCUT2D eigenvalue weighted by molar-refractivity contribution is 6.16. The fraction of sp³-hybridized carbons (Fsp3) is 0. The Morgan fingerprint density at radius 3 is 2.81 bits per heavy atom. The van der Waals surface area contributed by atoms with Crippen molar-refractivity contribution >= 4 is 27.7 Å². The van der Waals surface area contributed by atoms with E-state index >= 15 is 0 Å². The van der Waals surface area contributed by atoms with E-state index in [2.05, 4.69) is 9.97 Å². The van der Waals surface area contributed by atoms with Crippen LogP contribution in [0.5, 0.6) is 0 Å². The van der Waals surface area contributed by atoms with Crippen molar-refractivity contribution in [2.75, 3.05) is 0 Å². The quantitative estimate of drug-likeness (QED) is 0.644. The van der Waals surface area contributed by atoms with Gasteiger partial charge in [-0.3, -0.25) is 9.78 Å². The third-order valence-electron chi connectivity index (χ3n) is 2.68. The molecule has 0 saturated carbocycles. The third-order valence-corrected chi connectivity index (χ3v) is 2.68. The highest BCUT2D eigenvalue weighted by Gasteiger charge is 2.11. The van der Waals surface area contributed by atoms with Crippen LogP contribution in [0.1, 0.15) is 10.4 Å². The normalized spacial score (nSPS) is 11.0. The van der Waals surface area contributed by atoms with E-state index < -0.39 is 5.91 Å². The second-order valence-corrected chi connectivity index (χ2v) is 3.64. The molecule has 1 amide bonds. The number of aromatic nitrogens is 2. The largest absolute Gasteiger partial charge is 0.366 e. The number of pyridine rings is 1. The molecule has 16 heavy (non-hydrogen) atoms. The van der Waals surface area contributed by atoms with Crippen LogP contribution in [0.25, 0.3) is 21.8 Å². The fourth-order valence-corrected chi connectivity index (χ4v) is 1.99. The first-order valence-electron chi connectivity index (χ1n) is 4.91. The van der Waals surface area contributed by atoms with Crippen molar-refractivity contribution in [1.29, 1.82) is 0 Å². The molecule has 1 aromatic carbocycles. The van der Waals surface area contributed by atoms with Gasteiger partial charge in [0.05, 0.1) is 17.3 Å². The van der Waals surface area contributed by atoms with Gasteiger partial charge < -0.3 is 10.7 Å². The number of nitrogens with two attached hydrogens (primary N) is 1. The fourth-order valence-electron chi connectivity index (χ4n) is 1.99. The number of carbonyl (C=O) groups excluding carboxylic acids is 1. The molecule has 0 fully saturated rings. The Morgan fingerprint density at radius 1 is 1.19 bits per heavy atom. The molecule has 0 spiro atoms. The average Bonchev–Trinajstić information content (AvgIpc) is 2.66. The molecule has 0 aliphatic rings. The van der Waals surface area contributed by atoms with Crippen LogP contribution >= 0.6 is 0 Å². The molecular formula is C12H9N3O. The first-order chi connectivity index (χ1) is 7.77. The van der Waals surface area contributed by atoms with Crippen molar-refractivity contribution in [3.05, 3.63) is 42.2 Å². The number of fused-ring (bicyclic) bond motifs is 3. The number of para-hydroxylation sites is 1. The summed E-state index contributed by atoms with van der Waals surface area (Å²) in [7, 11) is 0. The van der Waals surface area contributed by atoms with E-state index in [1.165, 1.54) is 6.20 Å². The minimum Gasteiger partial charge on any atom is -0.366 e. The summed E-state index contributed by atoms with van der Waals surface area (Å²) in [5.41, 5.74) is 7.60. The number of hydrogen-bond acceptors (Lipinski definition) is 2. The SMILES string of the molecule is NC(=O)c1cncc2[nH]c3ccccc3c12. The van der Waals surface area contributed by atoms with Gasteiger partial charge in [-0.2, -0.15) is 0 Å². The number of carbonyl (C=O) groups is 1. The van der Waals surface area contributed by atoms with Crippen molar-refractivity contribution in [1.82, 2.24) is 9.97 Å². The highest BCUT2D eigenvalue weighted by Crippen LogP contribution is 2.26. The van der Waals surface area contributed by atoms with Crippen molar-refractivity contribution < 1.29 is 4.79 Å². The molecule has 0 atom stereocenters. The molecule has 2 aromatic heterocycles. The summed E-state index contributed by atoms with van der Waals surface area (Å²) in [5, 5.41) is 1.84. The van der Waals surface area contributed by atoms with Gasteiger partial charge >= 0.3 is 0 Å². The molecule has 4 nitrogen and oxygen atoms in total. The summed E-state index contributed by atoms with van der Waals surface area (Å²) in [5.74, 6) is -0.456. The number of nitrogens with one attached hydrogen (secondary N) is 1. The number of H-pyrrole nitrogens is 1. The number of aromatic amines is 1. The van der Waals surface area contributed by atoms with Gasteiger partial charge in [-0.1, -0.05) is 18.2 Å². The smallest absolute Gasteiger partial charge is 0.250 e. The first-order valence-corrected chi connectivity index (χ1v) is 4.91. The van der Waals surface area contributed by atoms with E-state index in [0.717, 1.165) is 21.8 Å². The zero-order valence-corrected chi connectivity index (χ0v) is 8.40. The molecular weight excluding hydrogens is 202 g/mol. The Bertz CT molecular complexity index is 700. The Morgan fingerprint density at radius 2 is 2.00 bits per heavy atom. The molecule has 2 heterocycles. The van der Waals surface area contributed by atoms with Crippen LogP contribution in [-0.4, -0.2) is 15.9 Å². The number of rotatable bonds is 1. The lowest BCUT2D eigenvalue weighted by Crippen LogP contribution is -2.11. The lowest BCUT2D eigenvalue weighted by molar-refractivity contribution is 0.100. The van der Waals surface area contributed by atoms with Gasteiger partial charge in [-0.15, -0.1) is 0 Å². The van der Waals surface area contributed by atoms with E-state index in [4.69, 9.17) is 5.73 Å². The van der Waals surface area contributed by atoms with Crippen LogP contribution in [-0.2, 0) is 0 Å². The minimum absolute atomic E-state index is 0.454. The second kappa shape index (κ2) is 3.06. The van der Waals surface area contributed by atoms with Crippen molar-refractivity contribution in [2.45, 2.75) is 0 Å². The number of hydrogen-bond donors (Lipinski definition) is 2. The molecule has 0 bridgehead atoms. The molecule has 0 unspecified atom stereocenters. The zero-order chi connectivity index (χ0) is 11.1. The molecule has 0 aliphatic carbocycles. The predicted molar refractivity (Wildman–Crippen MR) is 62.1 cm³/mol. The summed E-state index contributed by atoms with van der Waals surface area (Å²) in [6.07, 6.45) is 3.20. The van der Waals surface area contributed by atoms with Crippen molar-refractivity contribution in [3.8, 4) is 0 Å². The lowest BCUT2D eigenvalue weighted by Gasteiger charge is -1.97. The summed E-state index contributed by atoms with van der Waals surface area (Å²) in [6.45, 7) is 0. The molecule has 4 heteroatoms. The summed E-state index contributed by atoms with van der Waals surface area (Å²) in [6, 6.07) is 7.79. The minimum atomic E-state index is -0.456. The number of amides is 1. The zero-order valence-electron chi connectivity index (χ0n) is 8.40. The third kappa shape index (κ3) is 1.10. The lowest BCUT2D eigenvalue weighted by atomic mass is 10.1. The maximum atomic E-state index is 11.3. The maximum Gasteiger partial charge on any atom is 0.250 e. The van der Waals surface area contributed by atoms with Crippen molar-refractivity contribution in [3.63, 3.8) is 0 Å². The predicted octanol–water partition coefficient (Wildman–Crippen LogP) is 1.81. The van der Waals surface area contributed by atoms with Gasteiger partial charge in [0, 0.05) is 22.5 Å². The van der Waals surface area contributed by atoms with Crippen LogP contribution in [0.3, 0.4) is 0 Å². The maximum absolute atomic E-state index is 11.3. The van der Waals surface area contributed by atoms with Crippen LogP contribution in [0.4, 0.5) is 0 Å². The number of primary amides is 1. The Labute approximate surface area is 91.1 Å². The molecule has 0 aliphatic heterocycles. The summed E-state index contributed by atoms with van der Waals surface area (Å²) in [4.78, 5) is 18.5. The van der Waals surface area contributed by atoms with Crippen LogP contribution < -0.4 is 5.73 Å². The molecule has 0 saturated heterocycles. The molecule has 0 radical (unpaired) electrons. The van der Waals surface area contributed by atoms with Crippen LogP contribution in [0.2, 0.25) is 0 Å². The van der Waals surface area contributed by atoms with Gasteiger partial charge in [0.15, 0.2) is 0 Å². The van der Waals surface area contributed by atoms with Gasteiger partial charge in [0.25, 0.3) is 5.91 Å². The van der Waals surface area contributed by atoms with Crippen LogP contribution in [0, 0.1) is 0 Å². The molecule has 3 rings (SSSR count). The van der Waals surface area contributed by atoms with Gasteiger partial charge in [0.2, 0.25) is 0 Å². The van der Waals surface area contributed by atoms with Gasteiger partial charge in [-0.25, -0.2) is 0 Å². The summed E-state index contributed by atoms with van der Waals surface area (Å²) < 4.78 is 0. The van der Waals surface area contributed by atoms with E-state index in [-0.39, 0.29) is 0 Å². The van der Waals surface area contributed by atoms with E-state index in [9.17, 15) is 4.79 Å². The average molecular weight is 211 g/mol. The second-order valence-electron chi connectivity index (χ2n) is 3.64. The van der Waals surface area contributed by atoms with Gasteiger partial charge in [-0.05, 0) is 6.07 Å². The molecule has 3 aromatic rings. The number of nitrogens with zero attached hydrogens (tertiary/aromatic N) is 1. The van der Waals surface area contributed by atoms with Gasteiger partial charge in [0.1, 0.15) is 0 Å².